The first-order chi connectivity index (χ1) is 14.1. The summed E-state index contributed by atoms with van der Waals surface area (Å²) >= 11 is 2.67. The van der Waals surface area contributed by atoms with E-state index in [0.29, 0.717) is 29.7 Å². The third-order valence-electron chi connectivity index (χ3n) is 4.68. The fourth-order valence-corrected chi connectivity index (χ4v) is 5.04. The number of esters is 1. The molecule has 7 nitrogen and oxygen atoms in total. The number of hydrogen-bond donors (Lipinski definition) is 0. The highest BCUT2D eigenvalue weighted by molar-refractivity contribution is 8.27. The van der Waals surface area contributed by atoms with Crippen LogP contribution >= 0.6 is 23.5 Å². The second kappa shape index (κ2) is 9.17. The zero-order valence-corrected chi connectivity index (χ0v) is 17.2. The minimum absolute atomic E-state index is 0.113. The summed E-state index contributed by atoms with van der Waals surface area (Å²) < 4.78 is 16.8. The minimum Gasteiger partial charge on any atom is -0.485 e. The Morgan fingerprint density at radius 3 is 2.66 bits per heavy atom. The highest BCUT2D eigenvalue weighted by Crippen LogP contribution is 2.42. The summed E-state index contributed by atoms with van der Waals surface area (Å²) in [6.07, 6.45) is 0. The van der Waals surface area contributed by atoms with Crippen molar-refractivity contribution in [1.82, 2.24) is 4.90 Å². The largest absolute Gasteiger partial charge is 0.485 e. The number of hydrogen-bond acceptors (Lipinski definition) is 9. The van der Waals surface area contributed by atoms with Gasteiger partial charge in [0.1, 0.15) is 12.4 Å². The fourth-order valence-electron chi connectivity index (χ4n) is 3.14. The number of fused-ring (bicyclic) bond motifs is 1. The van der Waals surface area contributed by atoms with Gasteiger partial charge in [-0.15, -0.1) is 0 Å². The van der Waals surface area contributed by atoms with Crippen LogP contribution in [-0.4, -0.2) is 68.5 Å². The molecule has 0 saturated carbocycles. The van der Waals surface area contributed by atoms with Crippen molar-refractivity contribution in [3.63, 3.8) is 0 Å². The van der Waals surface area contributed by atoms with Crippen LogP contribution in [0, 0.1) is 0 Å². The van der Waals surface area contributed by atoms with Crippen LogP contribution in [0.4, 0.5) is 0 Å². The third kappa shape index (κ3) is 4.58. The molecule has 1 aromatic rings. The number of ketones is 2. The molecule has 1 aromatic carbocycles. The number of carbonyl (C=O) groups excluding carboxylic acids is 3. The standard InChI is InChI=1S/C20H19NO6S2/c22-15-12-27-16-2-1-13(19(24)26-8-5-21-3-6-25-7-4-21)11-14(16)18(23)17(15)20-28-9-10-29-20/h1-2,9-11H,3-8,12H2. The van der Waals surface area contributed by atoms with Gasteiger partial charge < -0.3 is 14.2 Å². The maximum absolute atomic E-state index is 13.0. The SMILES string of the molecule is O=C1COc2ccc(C(=O)OCCN3CCOCC3)cc2C(=O)C1=C1SC=CS1. The molecule has 3 heterocycles. The molecule has 152 valence electrons. The Hall–Kier alpha value is -2.07. The van der Waals surface area contributed by atoms with Gasteiger partial charge in [0.2, 0.25) is 11.6 Å². The summed E-state index contributed by atoms with van der Waals surface area (Å²) in [7, 11) is 0. The predicted molar refractivity (Wildman–Crippen MR) is 110 cm³/mol. The Balaban J connectivity index is 1.48. The van der Waals surface area contributed by atoms with Gasteiger partial charge >= 0.3 is 5.97 Å². The lowest BCUT2D eigenvalue weighted by molar-refractivity contribution is -0.117. The van der Waals surface area contributed by atoms with E-state index in [0.717, 1.165) is 13.1 Å². The first-order valence-electron chi connectivity index (χ1n) is 9.18. The third-order valence-corrected chi connectivity index (χ3v) is 6.81. The van der Waals surface area contributed by atoms with Crippen LogP contribution in [0.1, 0.15) is 20.7 Å². The van der Waals surface area contributed by atoms with E-state index in [9.17, 15) is 14.4 Å². The normalized spacial score (nSPS) is 19.7. The van der Waals surface area contributed by atoms with E-state index < -0.39 is 11.8 Å². The molecule has 9 heteroatoms. The van der Waals surface area contributed by atoms with Crippen molar-refractivity contribution in [2.75, 3.05) is 46.1 Å². The van der Waals surface area contributed by atoms with Crippen LogP contribution in [0.5, 0.6) is 5.75 Å². The van der Waals surface area contributed by atoms with Crippen LogP contribution in [0.3, 0.4) is 0 Å². The molecule has 0 radical (unpaired) electrons. The molecule has 3 aliphatic heterocycles. The number of ether oxygens (including phenoxy) is 3. The zero-order valence-electron chi connectivity index (χ0n) is 15.5. The highest BCUT2D eigenvalue weighted by atomic mass is 32.2. The van der Waals surface area contributed by atoms with Gasteiger partial charge in [-0.3, -0.25) is 14.5 Å². The molecule has 1 fully saturated rings. The summed E-state index contributed by atoms with van der Waals surface area (Å²) in [5.41, 5.74) is 0.571. The average molecular weight is 434 g/mol. The lowest BCUT2D eigenvalue weighted by Crippen LogP contribution is -2.38. The number of carbonyl (C=O) groups is 3. The summed E-state index contributed by atoms with van der Waals surface area (Å²) in [6.45, 7) is 3.69. The van der Waals surface area contributed by atoms with Gasteiger partial charge in [0.15, 0.2) is 6.61 Å². The van der Waals surface area contributed by atoms with Gasteiger partial charge in [0.05, 0.1) is 34.2 Å². The average Bonchev–Trinajstić information content (AvgIpc) is 3.23. The lowest BCUT2D eigenvalue weighted by atomic mass is 10.00. The lowest BCUT2D eigenvalue weighted by Gasteiger charge is -2.26. The van der Waals surface area contributed by atoms with E-state index in [-0.39, 0.29) is 35.7 Å². The Kier molecular flexibility index (Phi) is 6.39. The smallest absolute Gasteiger partial charge is 0.338 e. The quantitative estimate of drug-likeness (QED) is 0.404. The Morgan fingerprint density at radius 2 is 1.90 bits per heavy atom. The second-order valence-corrected chi connectivity index (χ2v) is 8.60. The molecule has 0 unspecified atom stereocenters. The van der Waals surface area contributed by atoms with Gasteiger partial charge in [0.25, 0.3) is 0 Å². The van der Waals surface area contributed by atoms with Gasteiger partial charge in [-0.2, -0.15) is 0 Å². The monoisotopic (exact) mass is 433 g/mol. The molecule has 1 saturated heterocycles. The minimum atomic E-state index is -0.509. The van der Waals surface area contributed by atoms with Crippen LogP contribution in [0.2, 0.25) is 0 Å². The topological polar surface area (TPSA) is 82.1 Å². The van der Waals surface area contributed by atoms with E-state index in [4.69, 9.17) is 14.2 Å². The number of nitrogens with zero attached hydrogens (tertiary/aromatic N) is 1. The summed E-state index contributed by atoms with van der Waals surface area (Å²) in [5.74, 6) is -1.00. The van der Waals surface area contributed by atoms with E-state index in [1.54, 1.807) is 12.1 Å². The predicted octanol–water partition coefficient (Wildman–Crippen LogP) is 2.48. The van der Waals surface area contributed by atoms with Crippen LogP contribution in [-0.2, 0) is 14.3 Å². The molecule has 4 rings (SSSR count). The van der Waals surface area contributed by atoms with Crippen molar-refractivity contribution < 1.29 is 28.6 Å². The number of thioether (sulfide) groups is 2. The summed E-state index contributed by atoms with van der Waals surface area (Å²) in [4.78, 5) is 40.1. The van der Waals surface area contributed by atoms with Gasteiger partial charge in [-0.05, 0) is 29.0 Å². The summed E-state index contributed by atoms with van der Waals surface area (Å²) in [5, 5.41) is 3.64. The summed E-state index contributed by atoms with van der Waals surface area (Å²) in [6, 6.07) is 4.54. The van der Waals surface area contributed by atoms with Crippen molar-refractivity contribution in [1.29, 1.82) is 0 Å². The molecule has 0 atom stereocenters. The maximum Gasteiger partial charge on any atom is 0.338 e. The Bertz CT molecular complexity index is 894. The Morgan fingerprint density at radius 1 is 1.14 bits per heavy atom. The molecule has 0 spiro atoms. The molecular formula is C20H19NO6S2. The van der Waals surface area contributed by atoms with Gasteiger partial charge in [0, 0.05) is 19.6 Å². The molecule has 0 bridgehead atoms. The van der Waals surface area contributed by atoms with E-state index in [1.165, 1.54) is 29.6 Å². The molecular weight excluding hydrogens is 414 g/mol. The van der Waals surface area contributed by atoms with Gasteiger partial charge in [-0.25, -0.2) is 4.79 Å². The van der Waals surface area contributed by atoms with E-state index in [1.807, 2.05) is 10.8 Å². The number of morpholine rings is 1. The Labute approximate surface area is 176 Å². The first kappa shape index (κ1) is 20.2. The zero-order chi connectivity index (χ0) is 20.2. The fraction of sp³-hybridized carbons (Fsp3) is 0.350. The van der Waals surface area contributed by atoms with Crippen LogP contribution in [0.15, 0.2) is 38.8 Å². The van der Waals surface area contributed by atoms with Crippen molar-refractivity contribution in [2.24, 2.45) is 0 Å². The van der Waals surface area contributed by atoms with Crippen LogP contribution in [0.25, 0.3) is 0 Å². The molecule has 3 aliphatic rings. The van der Waals surface area contributed by atoms with Crippen molar-refractivity contribution in [3.05, 3.63) is 50.0 Å². The molecule has 29 heavy (non-hydrogen) atoms. The number of Topliss-reactive ketones (excluding diaryl/α,β-unsaturated/α-hetero) is 2. The van der Waals surface area contributed by atoms with E-state index >= 15 is 0 Å². The first-order valence-corrected chi connectivity index (χ1v) is 10.9. The number of benzene rings is 1. The van der Waals surface area contributed by atoms with E-state index in [2.05, 4.69) is 4.90 Å². The molecule has 0 N–H and O–H groups in total. The van der Waals surface area contributed by atoms with Crippen molar-refractivity contribution in [3.8, 4) is 5.75 Å². The molecule has 0 amide bonds. The van der Waals surface area contributed by atoms with Crippen LogP contribution < -0.4 is 4.74 Å². The molecule has 0 aliphatic carbocycles. The number of rotatable bonds is 4. The maximum atomic E-state index is 13.0. The van der Waals surface area contributed by atoms with Gasteiger partial charge in [-0.1, -0.05) is 23.5 Å². The highest BCUT2D eigenvalue weighted by Gasteiger charge is 2.32. The second-order valence-electron chi connectivity index (χ2n) is 6.51. The van der Waals surface area contributed by atoms with Crippen molar-refractivity contribution >= 4 is 41.1 Å². The van der Waals surface area contributed by atoms with Crippen molar-refractivity contribution in [2.45, 2.75) is 0 Å². The molecule has 0 aromatic heterocycles.